The van der Waals surface area contributed by atoms with Crippen LogP contribution in [-0.4, -0.2) is 22.5 Å². The van der Waals surface area contributed by atoms with E-state index in [4.69, 9.17) is 0 Å². The third-order valence-electron chi connectivity index (χ3n) is 0.530. The van der Waals surface area contributed by atoms with E-state index >= 15 is 0 Å². The zero-order valence-electron chi connectivity index (χ0n) is 4.07. The van der Waals surface area contributed by atoms with Crippen LogP contribution in [0.1, 0.15) is 19.8 Å². The molecule has 0 aromatic heterocycles. The predicted molar refractivity (Wildman–Crippen MR) is 34.2 cm³/mol. The Hall–Kier alpha value is 1.15. The van der Waals surface area contributed by atoms with E-state index in [0.717, 1.165) is 0 Å². The van der Waals surface area contributed by atoms with Crippen LogP contribution < -0.4 is 0 Å². The van der Waals surface area contributed by atoms with Crippen LogP contribution in [0.4, 0.5) is 0 Å². The van der Waals surface area contributed by atoms with Gasteiger partial charge in [-0.3, -0.25) is 0 Å². The summed E-state index contributed by atoms with van der Waals surface area (Å²) in [6.07, 6.45) is 2.80. The van der Waals surface area contributed by atoms with Crippen molar-refractivity contribution < 1.29 is 0 Å². The summed E-state index contributed by atoms with van der Waals surface area (Å²) >= 11 is 1.68. The number of rotatable bonds is 2. The minimum Gasteiger partial charge on any atom is -0.813 e. The molecule has 0 amide bonds. The van der Waals surface area contributed by atoms with Gasteiger partial charge in [0, 0.05) is 0 Å². The summed E-state index contributed by atoms with van der Waals surface area (Å²) in [6, 6.07) is 0. The number of thiol groups is 1. The molecule has 0 unspecified atom stereocenters. The number of hydrogen-bond acceptors (Lipinski definition) is 1. The summed E-state index contributed by atoms with van der Waals surface area (Å²) in [5.74, 6) is 0. The van der Waals surface area contributed by atoms with Crippen LogP contribution in [0.3, 0.4) is 0 Å². The molecule has 0 atom stereocenters. The molecule has 0 heterocycles. The van der Waals surface area contributed by atoms with Crippen LogP contribution >= 0.6 is 0 Å². The van der Waals surface area contributed by atoms with Crippen molar-refractivity contribution in [3.05, 3.63) is 0 Å². The van der Waals surface area contributed by atoms with Crippen molar-refractivity contribution in [2.75, 3.05) is 0 Å². The molecule has 0 nitrogen and oxygen atoms in total. The van der Waals surface area contributed by atoms with Crippen molar-refractivity contribution >= 4 is 36.0 Å². The zero-order valence-corrected chi connectivity index (χ0v) is 7.82. The summed E-state index contributed by atoms with van der Waals surface area (Å²) in [6.45, 7) is 2.23. The monoisotopic (exact) mass is 210 g/mol. The van der Waals surface area contributed by atoms with Gasteiger partial charge in [0.05, 0.1) is 0 Å². The summed E-state index contributed by atoms with van der Waals surface area (Å²) in [7, 11) is 0. The second kappa shape index (κ2) is 9.47. The van der Waals surface area contributed by atoms with E-state index in [1.54, 1.807) is 22.5 Å². The summed E-state index contributed by atoms with van der Waals surface area (Å²) in [5.41, 5.74) is 0. The fourth-order valence-electron chi connectivity index (χ4n) is 0.177. The first-order valence-electron chi connectivity index (χ1n) is 2.06. The first kappa shape index (κ1) is 10.2. The van der Waals surface area contributed by atoms with E-state index in [9.17, 15) is 0 Å². The molecule has 0 rings (SSSR count). The average Bonchev–Trinajstić information content (AvgIpc) is 1.41. The van der Waals surface area contributed by atoms with Gasteiger partial charge < -0.3 is 13.5 Å². The Bertz CT molecular complexity index is 15.0. The molecule has 0 aromatic rings. The fraction of sp³-hybridized carbons (Fsp3) is 1.00. The molecule has 6 heavy (non-hydrogen) atoms. The standard InChI is InChI=1S/C4H9.H2S.Sn/c1-3-4-2;;/h1,3-4H2,2H3;1H2;/q;;+1/p-1. The first-order chi connectivity index (χ1) is 2.41. The number of hydrogen-bond donors (Lipinski definition) is 0. The van der Waals surface area contributed by atoms with Gasteiger partial charge in [-0.05, 0) is 0 Å². The van der Waals surface area contributed by atoms with Crippen LogP contribution in [0, 0.1) is 0 Å². The SMILES string of the molecule is CCC[CH2][Sn+].[SH-]. The Morgan fingerprint density at radius 1 is 1.50 bits per heavy atom. The Labute approximate surface area is 60.2 Å². The van der Waals surface area contributed by atoms with Gasteiger partial charge in [-0.2, -0.15) is 0 Å². The van der Waals surface area contributed by atoms with Crippen LogP contribution in [-0.2, 0) is 13.5 Å². The van der Waals surface area contributed by atoms with E-state index < -0.39 is 0 Å². The largest absolute Gasteiger partial charge is 0.813 e. The van der Waals surface area contributed by atoms with Gasteiger partial charge in [-0.15, -0.1) is 0 Å². The van der Waals surface area contributed by atoms with Crippen molar-refractivity contribution in [3.8, 4) is 0 Å². The van der Waals surface area contributed by atoms with E-state index in [-0.39, 0.29) is 13.5 Å². The van der Waals surface area contributed by atoms with Gasteiger partial charge in [0.2, 0.25) is 0 Å². The molecular formula is C4H10SSn. The molecule has 0 aromatic carbocycles. The summed E-state index contributed by atoms with van der Waals surface area (Å²) in [4.78, 5) is 0. The molecule has 0 saturated heterocycles. The molecule has 2 heteroatoms. The molecule has 0 fully saturated rings. The normalized spacial score (nSPS) is 6.83. The molecule has 0 spiro atoms. The Kier molecular flexibility index (Phi) is 16.1. The van der Waals surface area contributed by atoms with Crippen LogP contribution in [0.5, 0.6) is 0 Å². The van der Waals surface area contributed by atoms with Crippen molar-refractivity contribution in [3.63, 3.8) is 0 Å². The first-order valence-corrected chi connectivity index (χ1v) is 4.08. The topological polar surface area (TPSA) is 0 Å². The van der Waals surface area contributed by atoms with Crippen molar-refractivity contribution in [2.24, 2.45) is 0 Å². The minimum absolute atomic E-state index is 0. The molecule has 0 aliphatic rings. The second-order valence-corrected chi connectivity index (χ2v) is 2.53. The summed E-state index contributed by atoms with van der Waals surface area (Å²) < 4.78 is 1.43. The Balaban J connectivity index is 0. The third-order valence-corrected chi connectivity index (χ3v) is 1.54. The maximum atomic E-state index is 2.23. The zero-order chi connectivity index (χ0) is 4.12. The van der Waals surface area contributed by atoms with Gasteiger partial charge in [0.1, 0.15) is 0 Å². The van der Waals surface area contributed by atoms with Crippen LogP contribution in [0.25, 0.3) is 0 Å². The van der Waals surface area contributed by atoms with Gasteiger partial charge >= 0.3 is 46.7 Å². The predicted octanol–water partition coefficient (Wildman–Crippen LogP) is 1.10. The van der Waals surface area contributed by atoms with Crippen molar-refractivity contribution in [1.29, 1.82) is 0 Å². The molecule has 36 valence electrons. The van der Waals surface area contributed by atoms with Gasteiger partial charge in [-0.25, -0.2) is 0 Å². The molecule has 2 radical (unpaired) electrons. The minimum atomic E-state index is 0. The molecular weight excluding hydrogens is 199 g/mol. The van der Waals surface area contributed by atoms with E-state index in [1.807, 2.05) is 0 Å². The Morgan fingerprint density at radius 3 is 2.00 bits per heavy atom. The van der Waals surface area contributed by atoms with Gasteiger partial charge in [0.15, 0.2) is 0 Å². The quantitative estimate of drug-likeness (QED) is 0.372. The fourth-order valence-corrected chi connectivity index (χ4v) is 1.19. The molecule has 0 bridgehead atoms. The third kappa shape index (κ3) is 8.94. The molecule has 0 aliphatic carbocycles. The van der Waals surface area contributed by atoms with Gasteiger partial charge in [-0.1, -0.05) is 0 Å². The van der Waals surface area contributed by atoms with E-state index in [2.05, 4.69) is 6.92 Å². The van der Waals surface area contributed by atoms with E-state index in [1.165, 1.54) is 17.3 Å². The van der Waals surface area contributed by atoms with Crippen LogP contribution in [0.2, 0.25) is 4.44 Å². The number of unbranched alkanes of at least 4 members (excludes halogenated alkanes) is 1. The molecule has 0 N–H and O–H groups in total. The summed E-state index contributed by atoms with van der Waals surface area (Å²) in [5, 5.41) is 0. The average molecular weight is 209 g/mol. The van der Waals surface area contributed by atoms with Crippen LogP contribution in [0.15, 0.2) is 0 Å². The second-order valence-electron chi connectivity index (χ2n) is 1.10. The molecule has 0 aliphatic heterocycles. The maximum Gasteiger partial charge on any atom is -0.813 e. The Morgan fingerprint density at radius 2 is 2.00 bits per heavy atom. The maximum absolute atomic E-state index is 2.23. The van der Waals surface area contributed by atoms with Crippen molar-refractivity contribution in [1.82, 2.24) is 0 Å². The molecule has 0 saturated carbocycles. The smallest absolute Gasteiger partial charge is 0.813 e. The van der Waals surface area contributed by atoms with Gasteiger partial charge in [0.25, 0.3) is 0 Å². The van der Waals surface area contributed by atoms with Crippen molar-refractivity contribution in [2.45, 2.75) is 24.2 Å². The van der Waals surface area contributed by atoms with E-state index in [0.29, 0.717) is 0 Å².